The van der Waals surface area contributed by atoms with Crippen LogP contribution in [0, 0.1) is 0 Å². The molecule has 1 aliphatic heterocycles. The highest BCUT2D eigenvalue weighted by molar-refractivity contribution is 6.30. The first-order valence-electron chi connectivity index (χ1n) is 6.59. The van der Waals surface area contributed by atoms with Gasteiger partial charge in [-0.05, 0) is 24.1 Å². The minimum Gasteiger partial charge on any atom is -0.326 e. The van der Waals surface area contributed by atoms with Gasteiger partial charge in [0.2, 0.25) is 11.8 Å². The van der Waals surface area contributed by atoms with E-state index < -0.39 is 0 Å². The van der Waals surface area contributed by atoms with Crippen molar-refractivity contribution in [2.24, 2.45) is 5.73 Å². The fourth-order valence-corrected chi connectivity index (χ4v) is 2.70. The molecule has 1 aromatic carbocycles. The molecular formula is C14H18ClN3O2. The van der Waals surface area contributed by atoms with Gasteiger partial charge in [-0.15, -0.1) is 0 Å². The topological polar surface area (TPSA) is 75.4 Å². The summed E-state index contributed by atoms with van der Waals surface area (Å²) >= 11 is 6.03. The van der Waals surface area contributed by atoms with Crippen LogP contribution in [0.5, 0.6) is 0 Å². The van der Waals surface area contributed by atoms with Gasteiger partial charge in [-0.3, -0.25) is 19.8 Å². The van der Waals surface area contributed by atoms with E-state index >= 15 is 0 Å². The maximum atomic E-state index is 11.6. The number of carbonyl (C=O) groups excluding carboxylic acids is 2. The molecular weight excluding hydrogens is 278 g/mol. The van der Waals surface area contributed by atoms with Crippen molar-refractivity contribution in [3.8, 4) is 0 Å². The Morgan fingerprint density at radius 2 is 2.00 bits per heavy atom. The van der Waals surface area contributed by atoms with Crippen LogP contribution in [0.4, 0.5) is 0 Å². The normalized spacial score (nSPS) is 19.6. The number of nitrogens with one attached hydrogen (secondary N) is 1. The van der Waals surface area contributed by atoms with Crippen LogP contribution >= 0.6 is 11.6 Å². The molecule has 5 nitrogen and oxygen atoms in total. The first-order chi connectivity index (χ1) is 9.51. The van der Waals surface area contributed by atoms with Crippen LogP contribution in [0.2, 0.25) is 5.02 Å². The summed E-state index contributed by atoms with van der Waals surface area (Å²) in [6.45, 7) is 2.31. The zero-order valence-electron chi connectivity index (χ0n) is 11.3. The van der Waals surface area contributed by atoms with Gasteiger partial charge in [-0.25, -0.2) is 0 Å². The average molecular weight is 296 g/mol. The molecule has 1 saturated heterocycles. The van der Waals surface area contributed by atoms with Gasteiger partial charge in [-0.2, -0.15) is 0 Å². The lowest BCUT2D eigenvalue weighted by Gasteiger charge is -2.36. The van der Waals surface area contributed by atoms with Gasteiger partial charge in [0.05, 0.1) is 19.1 Å². The fraction of sp³-hybridized carbons (Fsp3) is 0.429. The molecule has 2 unspecified atom stereocenters. The molecule has 0 spiro atoms. The summed E-state index contributed by atoms with van der Waals surface area (Å²) in [7, 11) is 0. The standard InChI is InChI=1S/C14H18ClN3O2/c1-2-11(16)14(9-4-3-5-10(15)6-9)18-7-12(19)17-13(20)8-18/h3-6,11,14H,2,7-8,16H2,1H3,(H,17,19,20). The molecule has 20 heavy (non-hydrogen) atoms. The fourth-order valence-electron chi connectivity index (χ4n) is 2.50. The highest BCUT2D eigenvalue weighted by Gasteiger charge is 2.32. The van der Waals surface area contributed by atoms with Crippen molar-refractivity contribution in [3.05, 3.63) is 34.9 Å². The van der Waals surface area contributed by atoms with Crippen molar-refractivity contribution >= 4 is 23.4 Å². The number of hydrogen-bond acceptors (Lipinski definition) is 4. The third-order valence-corrected chi connectivity index (χ3v) is 3.67. The predicted octanol–water partition coefficient (Wildman–Crippen LogP) is 1.08. The number of nitrogens with zero attached hydrogens (tertiary/aromatic N) is 1. The lowest BCUT2D eigenvalue weighted by atomic mass is 9.95. The number of benzene rings is 1. The van der Waals surface area contributed by atoms with Crippen molar-refractivity contribution in [1.29, 1.82) is 0 Å². The summed E-state index contributed by atoms with van der Waals surface area (Å²) in [5, 5.41) is 2.91. The van der Waals surface area contributed by atoms with Crippen LogP contribution in [-0.4, -0.2) is 35.8 Å². The minimum atomic E-state index is -0.295. The van der Waals surface area contributed by atoms with E-state index in [0.29, 0.717) is 5.02 Å². The maximum Gasteiger partial charge on any atom is 0.240 e. The molecule has 2 atom stereocenters. The molecule has 6 heteroatoms. The van der Waals surface area contributed by atoms with E-state index in [0.717, 1.165) is 12.0 Å². The van der Waals surface area contributed by atoms with Crippen molar-refractivity contribution in [1.82, 2.24) is 10.2 Å². The van der Waals surface area contributed by atoms with Crippen LogP contribution in [0.3, 0.4) is 0 Å². The lowest BCUT2D eigenvalue weighted by Crippen LogP contribution is -2.55. The summed E-state index contributed by atoms with van der Waals surface area (Å²) in [5.41, 5.74) is 7.12. The Labute approximate surface area is 123 Å². The van der Waals surface area contributed by atoms with Crippen molar-refractivity contribution < 1.29 is 9.59 Å². The number of nitrogens with two attached hydrogens (primary N) is 1. The Hall–Kier alpha value is -1.43. The second-order valence-corrected chi connectivity index (χ2v) is 5.38. The highest BCUT2D eigenvalue weighted by Crippen LogP contribution is 2.27. The zero-order chi connectivity index (χ0) is 14.7. The molecule has 0 bridgehead atoms. The van der Waals surface area contributed by atoms with Gasteiger partial charge in [0, 0.05) is 11.1 Å². The predicted molar refractivity (Wildman–Crippen MR) is 77.2 cm³/mol. The largest absolute Gasteiger partial charge is 0.326 e. The summed E-state index contributed by atoms with van der Waals surface area (Å²) in [6.07, 6.45) is 0.740. The molecule has 1 fully saturated rings. The second-order valence-electron chi connectivity index (χ2n) is 4.95. The van der Waals surface area contributed by atoms with Gasteiger partial charge < -0.3 is 5.73 Å². The molecule has 2 rings (SSSR count). The Morgan fingerprint density at radius 1 is 1.35 bits per heavy atom. The third kappa shape index (κ3) is 3.36. The molecule has 2 amide bonds. The summed E-state index contributed by atoms with van der Waals surface area (Å²) in [5.74, 6) is -0.590. The number of piperazine rings is 1. The van der Waals surface area contributed by atoms with Crippen LogP contribution in [-0.2, 0) is 9.59 Å². The summed E-state index contributed by atoms with van der Waals surface area (Å²) < 4.78 is 0. The van der Waals surface area contributed by atoms with Crippen molar-refractivity contribution in [2.75, 3.05) is 13.1 Å². The molecule has 1 heterocycles. The average Bonchev–Trinajstić information content (AvgIpc) is 2.37. The van der Waals surface area contributed by atoms with Crippen molar-refractivity contribution in [3.63, 3.8) is 0 Å². The van der Waals surface area contributed by atoms with Gasteiger partial charge in [-0.1, -0.05) is 30.7 Å². The van der Waals surface area contributed by atoms with E-state index in [1.54, 1.807) is 11.0 Å². The minimum absolute atomic E-state index is 0.163. The quantitative estimate of drug-likeness (QED) is 0.815. The van der Waals surface area contributed by atoms with Crippen LogP contribution in [0.25, 0.3) is 0 Å². The van der Waals surface area contributed by atoms with Crippen LogP contribution in [0.15, 0.2) is 24.3 Å². The molecule has 0 saturated carbocycles. The van der Waals surface area contributed by atoms with Gasteiger partial charge in [0.1, 0.15) is 0 Å². The zero-order valence-corrected chi connectivity index (χ0v) is 12.1. The Bertz CT molecular complexity index is 505. The van der Waals surface area contributed by atoms with E-state index in [1.165, 1.54) is 0 Å². The van der Waals surface area contributed by atoms with E-state index in [9.17, 15) is 9.59 Å². The molecule has 0 aliphatic carbocycles. The first-order valence-corrected chi connectivity index (χ1v) is 6.97. The van der Waals surface area contributed by atoms with E-state index in [2.05, 4.69) is 5.32 Å². The molecule has 1 aromatic rings. The summed E-state index contributed by atoms with van der Waals surface area (Å²) in [4.78, 5) is 24.9. The number of amides is 2. The lowest BCUT2D eigenvalue weighted by molar-refractivity contribution is -0.137. The van der Waals surface area contributed by atoms with Gasteiger partial charge >= 0.3 is 0 Å². The third-order valence-electron chi connectivity index (χ3n) is 3.43. The molecule has 0 radical (unpaired) electrons. The van der Waals surface area contributed by atoms with Gasteiger partial charge in [0.15, 0.2) is 0 Å². The first kappa shape index (κ1) is 15.0. The SMILES string of the molecule is CCC(N)C(c1cccc(Cl)c1)N1CC(=O)NC(=O)C1. The Morgan fingerprint density at radius 3 is 2.55 bits per heavy atom. The van der Waals surface area contributed by atoms with E-state index in [1.807, 2.05) is 25.1 Å². The number of imide groups is 1. The Kier molecular flexibility index (Phi) is 4.75. The monoisotopic (exact) mass is 295 g/mol. The van der Waals surface area contributed by atoms with Crippen molar-refractivity contribution in [2.45, 2.75) is 25.4 Å². The second kappa shape index (κ2) is 6.35. The van der Waals surface area contributed by atoms with Crippen LogP contribution < -0.4 is 11.1 Å². The van der Waals surface area contributed by atoms with Gasteiger partial charge in [0.25, 0.3) is 0 Å². The number of carbonyl (C=O) groups is 2. The van der Waals surface area contributed by atoms with E-state index in [-0.39, 0.29) is 37.0 Å². The number of rotatable bonds is 4. The Balaban J connectivity index is 2.32. The van der Waals surface area contributed by atoms with E-state index in [4.69, 9.17) is 17.3 Å². The van der Waals surface area contributed by atoms with Crippen LogP contribution in [0.1, 0.15) is 24.9 Å². The smallest absolute Gasteiger partial charge is 0.240 e. The number of hydrogen-bond donors (Lipinski definition) is 2. The molecule has 0 aromatic heterocycles. The molecule has 1 aliphatic rings. The highest BCUT2D eigenvalue weighted by atomic mass is 35.5. The molecule has 3 N–H and O–H groups in total. The maximum absolute atomic E-state index is 11.6. The number of halogens is 1. The molecule has 108 valence electrons. The summed E-state index contributed by atoms with van der Waals surface area (Å²) in [6, 6.07) is 7.01.